The van der Waals surface area contributed by atoms with E-state index in [1.807, 2.05) is 11.0 Å². The number of hydrogen-bond donors (Lipinski definition) is 1. The molecule has 1 N–H and O–H groups in total. The molecule has 0 atom stereocenters. The number of rotatable bonds is 3. The van der Waals surface area contributed by atoms with Gasteiger partial charge < -0.3 is 4.98 Å². The SMILES string of the molecule is O=c1[nH]c(-c2cccnc2)nc2c1CN(Cc1ncccc1F)CC2. The second-order valence-corrected chi connectivity index (χ2v) is 5.97. The van der Waals surface area contributed by atoms with Crippen LogP contribution in [-0.4, -0.2) is 31.4 Å². The highest BCUT2D eigenvalue weighted by Gasteiger charge is 2.22. The third kappa shape index (κ3) is 3.18. The van der Waals surface area contributed by atoms with Gasteiger partial charge in [0.05, 0.1) is 17.0 Å². The van der Waals surface area contributed by atoms with Gasteiger partial charge in [-0.1, -0.05) is 0 Å². The maximum atomic E-state index is 13.8. The Morgan fingerprint density at radius 3 is 2.92 bits per heavy atom. The Morgan fingerprint density at radius 2 is 2.12 bits per heavy atom. The molecular weight excluding hydrogens is 321 g/mol. The van der Waals surface area contributed by atoms with Crippen LogP contribution in [0.5, 0.6) is 0 Å². The van der Waals surface area contributed by atoms with E-state index in [2.05, 4.69) is 19.9 Å². The van der Waals surface area contributed by atoms with Gasteiger partial charge in [-0.05, 0) is 24.3 Å². The summed E-state index contributed by atoms with van der Waals surface area (Å²) in [6, 6.07) is 6.63. The molecule has 0 aromatic carbocycles. The van der Waals surface area contributed by atoms with Crippen LogP contribution < -0.4 is 5.56 Å². The van der Waals surface area contributed by atoms with Crippen LogP contribution in [0.25, 0.3) is 11.4 Å². The number of aromatic nitrogens is 4. The van der Waals surface area contributed by atoms with E-state index in [4.69, 9.17) is 0 Å². The minimum atomic E-state index is -0.327. The smallest absolute Gasteiger partial charge is 0.255 e. The average molecular weight is 337 g/mol. The summed E-state index contributed by atoms with van der Waals surface area (Å²) in [5.74, 6) is 0.202. The minimum Gasteiger partial charge on any atom is -0.306 e. The van der Waals surface area contributed by atoms with Gasteiger partial charge in [0, 0.05) is 50.2 Å². The fourth-order valence-corrected chi connectivity index (χ4v) is 3.00. The van der Waals surface area contributed by atoms with Gasteiger partial charge in [-0.15, -0.1) is 0 Å². The van der Waals surface area contributed by atoms with Crippen molar-refractivity contribution in [2.45, 2.75) is 19.5 Å². The Kier molecular flexibility index (Phi) is 4.07. The molecule has 6 nitrogen and oxygen atoms in total. The molecule has 0 saturated carbocycles. The molecule has 4 rings (SSSR count). The minimum absolute atomic E-state index is 0.157. The summed E-state index contributed by atoms with van der Waals surface area (Å²) in [6.07, 6.45) is 5.56. The van der Waals surface area contributed by atoms with Gasteiger partial charge in [0.2, 0.25) is 0 Å². The van der Waals surface area contributed by atoms with Gasteiger partial charge >= 0.3 is 0 Å². The number of nitrogens with one attached hydrogen (secondary N) is 1. The third-order valence-electron chi connectivity index (χ3n) is 4.29. The van der Waals surface area contributed by atoms with Crippen molar-refractivity contribution >= 4 is 0 Å². The molecule has 0 aliphatic carbocycles. The molecule has 0 fully saturated rings. The van der Waals surface area contributed by atoms with Crippen LogP contribution in [0.4, 0.5) is 4.39 Å². The molecule has 3 aromatic heterocycles. The lowest BCUT2D eigenvalue weighted by molar-refractivity contribution is 0.235. The average Bonchev–Trinajstić information content (AvgIpc) is 2.65. The zero-order chi connectivity index (χ0) is 17.2. The molecular formula is C18H16FN5O. The van der Waals surface area contributed by atoms with Crippen LogP contribution in [0.1, 0.15) is 17.0 Å². The first kappa shape index (κ1) is 15.6. The van der Waals surface area contributed by atoms with E-state index in [1.165, 1.54) is 6.07 Å². The van der Waals surface area contributed by atoms with Crippen molar-refractivity contribution in [1.29, 1.82) is 0 Å². The molecule has 0 amide bonds. The van der Waals surface area contributed by atoms with Crippen molar-refractivity contribution in [3.05, 3.63) is 76.0 Å². The zero-order valence-corrected chi connectivity index (χ0v) is 13.4. The number of halogens is 1. The Balaban J connectivity index is 1.60. The second kappa shape index (κ2) is 6.52. The van der Waals surface area contributed by atoms with Crippen LogP contribution >= 0.6 is 0 Å². The van der Waals surface area contributed by atoms with Crippen molar-refractivity contribution in [2.24, 2.45) is 0 Å². The highest BCUT2D eigenvalue weighted by Crippen LogP contribution is 2.19. The van der Waals surface area contributed by atoms with Crippen LogP contribution in [0.2, 0.25) is 0 Å². The van der Waals surface area contributed by atoms with Gasteiger partial charge in [-0.25, -0.2) is 9.37 Å². The highest BCUT2D eigenvalue weighted by atomic mass is 19.1. The topological polar surface area (TPSA) is 74.8 Å². The maximum absolute atomic E-state index is 13.8. The number of fused-ring (bicyclic) bond motifs is 1. The van der Waals surface area contributed by atoms with Crippen molar-refractivity contribution in [1.82, 2.24) is 24.8 Å². The summed E-state index contributed by atoms with van der Waals surface area (Å²) in [5, 5.41) is 0. The van der Waals surface area contributed by atoms with Crippen LogP contribution in [-0.2, 0) is 19.5 Å². The molecule has 0 saturated heterocycles. The van der Waals surface area contributed by atoms with E-state index >= 15 is 0 Å². The number of hydrogen-bond acceptors (Lipinski definition) is 5. The molecule has 25 heavy (non-hydrogen) atoms. The Bertz CT molecular complexity index is 957. The molecule has 3 aromatic rings. The summed E-state index contributed by atoms with van der Waals surface area (Å²) < 4.78 is 13.8. The van der Waals surface area contributed by atoms with Gasteiger partial charge in [0.25, 0.3) is 5.56 Å². The Labute approximate surface area is 143 Å². The van der Waals surface area contributed by atoms with Crippen molar-refractivity contribution in [2.75, 3.05) is 6.54 Å². The van der Waals surface area contributed by atoms with Crippen molar-refractivity contribution in [3.63, 3.8) is 0 Å². The number of pyridine rings is 2. The standard InChI is InChI=1S/C18H16FN5O/c19-14-4-2-7-21-16(14)11-24-8-5-15-13(10-24)18(25)23-17(22-15)12-3-1-6-20-9-12/h1-4,6-7,9H,5,8,10-11H2,(H,22,23,25). The largest absolute Gasteiger partial charge is 0.306 e. The molecule has 1 aliphatic rings. The molecule has 0 radical (unpaired) electrons. The molecule has 0 bridgehead atoms. The quantitative estimate of drug-likeness (QED) is 0.790. The first-order chi connectivity index (χ1) is 12.2. The molecule has 7 heteroatoms. The summed E-state index contributed by atoms with van der Waals surface area (Å²) in [4.78, 5) is 30.1. The van der Waals surface area contributed by atoms with E-state index in [0.29, 0.717) is 43.1 Å². The lowest BCUT2D eigenvalue weighted by Gasteiger charge is -2.27. The summed E-state index contributed by atoms with van der Waals surface area (Å²) in [5.41, 5.74) is 2.44. The Hall–Kier alpha value is -2.93. The molecule has 1 aliphatic heterocycles. The van der Waals surface area contributed by atoms with Crippen molar-refractivity contribution in [3.8, 4) is 11.4 Å². The number of nitrogens with zero attached hydrogens (tertiary/aromatic N) is 4. The lowest BCUT2D eigenvalue weighted by atomic mass is 10.1. The van der Waals surface area contributed by atoms with Gasteiger partial charge in [-0.3, -0.25) is 19.7 Å². The van der Waals surface area contributed by atoms with Gasteiger partial charge in [0.15, 0.2) is 0 Å². The normalized spacial score (nSPS) is 14.3. The van der Waals surface area contributed by atoms with E-state index in [0.717, 1.165) is 11.3 Å². The fraction of sp³-hybridized carbons (Fsp3) is 0.222. The molecule has 0 unspecified atom stereocenters. The van der Waals surface area contributed by atoms with Crippen LogP contribution in [0.15, 0.2) is 47.7 Å². The van der Waals surface area contributed by atoms with Crippen LogP contribution in [0.3, 0.4) is 0 Å². The first-order valence-corrected chi connectivity index (χ1v) is 8.05. The second-order valence-electron chi connectivity index (χ2n) is 5.97. The number of H-pyrrole nitrogens is 1. The van der Waals surface area contributed by atoms with E-state index in [-0.39, 0.29) is 11.4 Å². The van der Waals surface area contributed by atoms with Gasteiger partial charge in [0.1, 0.15) is 11.6 Å². The van der Waals surface area contributed by atoms with E-state index in [1.54, 1.807) is 30.7 Å². The summed E-state index contributed by atoms with van der Waals surface area (Å²) in [6.45, 7) is 1.50. The van der Waals surface area contributed by atoms with E-state index in [9.17, 15) is 9.18 Å². The predicted molar refractivity (Wildman–Crippen MR) is 90.1 cm³/mol. The monoisotopic (exact) mass is 337 g/mol. The fourth-order valence-electron chi connectivity index (χ4n) is 3.00. The summed E-state index contributed by atoms with van der Waals surface area (Å²) >= 11 is 0. The predicted octanol–water partition coefficient (Wildman–Crippen LogP) is 1.92. The van der Waals surface area contributed by atoms with Crippen LogP contribution in [0, 0.1) is 5.82 Å². The maximum Gasteiger partial charge on any atom is 0.255 e. The van der Waals surface area contributed by atoms with Crippen molar-refractivity contribution < 1.29 is 4.39 Å². The zero-order valence-electron chi connectivity index (χ0n) is 13.4. The molecule has 126 valence electrons. The van der Waals surface area contributed by atoms with E-state index < -0.39 is 0 Å². The number of aromatic amines is 1. The lowest BCUT2D eigenvalue weighted by Crippen LogP contribution is -2.35. The van der Waals surface area contributed by atoms with Gasteiger partial charge in [-0.2, -0.15) is 0 Å². The molecule has 4 heterocycles. The summed E-state index contributed by atoms with van der Waals surface area (Å²) in [7, 11) is 0. The highest BCUT2D eigenvalue weighted by molar-refractivity contribution is 5.53. The Morgan fingerprint density at radius 1 is 1.24 bits per heavy atom. The third-order valence-corrected chi connectivity index (χ3v) is 4.29. The molecule has 0 spiro atoms. The first-order valence-electron chi connectivity index (χ1n) is 8.05.